The lowest BCUT2D eigenvalue weighted by atomic mass is 10.9. The van der Waals surface area contributed by atoms with Crippen molar-refractivity contribution in [2.24, 2.45) is 0 Å². The number of thioether (sulfide) groups is 1. The third-order valence-electron chi connectivity index (χ3n) is 1.34. The molecule has 0 saturated heterocycles. The molecule has 0 spiro atoms. The van der Waals surface area contributed by atoms with Crippen LogP contribution in [0.4, 0.5) is 0 Å². The molecule has 0 aliphatic heterocycles. The molecule has 0 saturated carbocycles. The average molecular weight is 334 g/mol. The second kappa shape index (κ2) is 8.62. The van der Waals surface area contributed by atoms with Crippen LogP contribution >= 0.6 is 11.8 Å². The second-order valence-corrected chi connectivity index (χ2v) is 5.39. The molecule has 0 atom stereocenters. The van der Waals surface area contributed by atoms with Gasteiger partial charge in [-0.25, -0.2) is 8.42 Å². The van der Waals surface area contributed by atoms with E-state index >= 15 is 0 Å². The quantitative estimate of drug-likeness (QED) is 0.0960. The highest BCUT2D eigenvalue weighted by Gasteiger charge is 2.39. The Balaban J connectivity index is 0. The van der Waals surface area contributed by atoms with Gasteiger partial charge in [-0.2, -0.15) is 0 Å². The molecule has 1 N–H and O–H groups in total. The van der Waals surface area contributed by atoms with Crippen molar-refractivity contribution in [1.82, 2.24) is 4.90 Å². The fraction of sp³-hybridized carbons (Fsp3) is 0.833. The molecule has 0 aromatic rings. The van der Waals surface area contributed by atoms with Crippen LogP contribution in [0.5, 0.6) is 0 Å². The molecule has 20 heavy (non-hydrogen) atoms. The van der Waals surface area contributed by atoms with Gasteiger partial charge < -0.3 is 4.55 Å². The lowest BCUT2D eigenvalue weighted by Gasteiger charge is -2.09. The number of hydrogen-bond donors (Lipinski definition) is 1. The minimum atomic E-state index is -4.92. The summed E-state index contributed by atoms with van der Waals surface area (Å²) in [7, 11) is 1.75. The molecule has 0 amide bonds. The summed E-state index contributed by atoms with van der Waals surface area (Å²) < 4.78 is 34.4. The van der Waals surface area contributed by atoms with Gasteiger partial charge in [0.2, 0.25) is 10.4 Å². The highest BCUT2D eigenvalue weighted by Crippen LogP contribution is 2.15. The molecule has 0 aromatic heterocycles. The van der Waals surface area contributed by atoms with E-state index in [0.717, 1.165) is 0 Å². The number of nitro groups is 2. The van der Waals surface area contributed by atoms with Crippen molar-refractivity contribution >= 4 is 27.3 Å². The van der Waals surface area contributed by atoms with Gasteiger partial charge in [-0.15, -0.1) is 0 Å². The van der Waals surface area contributed by atoms with Gasteiger partial charge >= 0.3 is 10.7 Å². The Morgan fingerprint density at radius 3 is 1.65 bits per heavy atom. The van der Waals surface area contributed by atoms with Gasteiger partial charge in [0.1, 0.15) is 21.6 Å². The Kier molecular flexibility index (Phi) is 8.96. The molecule has 0 rings (SSSR count). The lowest BCUT2D eigenvalue weighted by Crippen LogP contribution is -2.34. The van der Waals surface area contributed by atoms with Crippen molar-refractivity contribution in [3.63, 3.8) is 0 Å². The molecule has 118 valence electrons. The first kappa shape index (κ1) is 20.8. The molecule has 0 aliphatic carbocycles. The Morgan fingerprint density at radius 1 is 1.20 bits per heavy atom. The zero-order chi connectivity index (χ0) is 16.7. The van der Waals surface area contributed by atoms with E-state index in [1.165, 1.54) is 0 Å². The highest BCUT2D eigenvalue weighted by atomic mass is 32.3. The molecular formula is C6H14N4O8S2. The topological polar surface area (TPSA) is 170 Å². The Labute approximate surface area is 118 Å². The summed E-state index contributed by atoms with van der Waals surface area (Å²) in [6.07, 6.45) is 0. The van der Waals surface area contributed by atoms with Gasteiger partial charge in [0.25, 0.3) is 0 Å². The predicted octanol–water partition coefficient (Wildman–Crippen LogP) is -1.25. The van der Waals surface area contributed by atoms with Gasteiger partial charge in [-0.05, 0) is 0 Å². The minimum Gasteiger partial charge on any atom is -0.726 e. The summed E-state index contributed by atoms with van der Waals surface area (Å²) in [5.41, 5.74) is -1.87. The first-order valence-electron chi connectivity index (χ1n) is 4.61. The maximum absolute atomic E-state index is 10.4. The fourth-order valence-electron chi connectivity index (χ4n) is 0.868. The average Bonchev–Trinajstić information content (AvgIpc) is 2.12. The van der Waals surface area contributed by atoms with Crippen LogP contribution in [0.15, 0.2) is 0 Å². The molecule has 0 unspecified atom stereocenters. The smallest absolute Gasteiger partial charge is 0.509 e. The molecular weight excluding hydrogens is 320 g/mol. The van der Waals surface area contributed by atoms with Crippen molar-refractivity contribution in [2.75, 3.05) is 28.2 Å². The second-order valence-electron chi connectivity index (χ2n) is 3.51. The number of hydrogen-bond acceptors (Lipinski definition) is 8. The van der Waals surface area contributed by atoms with Crippen LogP contribution in [0.3, 0.4) is 0 Å². The van der Waals surface area contributed by atoms with Crippen LogP contribution in [0.2, 0.25) is 0 Å². The molecule has 14 heteroatoms. The van der Waals surface area contributed by atoms with Gasteiger partial charge in [-0.3, -0.25) is 34.3 Å². The van der Waals surface area contributed by atoms with Crippen LogP contribution < -0.4 is 0 Å². The van der Waals surface area contributed by atoms with Gasteiger partial charge in [0.05, 0.1) is 28.2 Å². The predicted molar refractivity (Wildman–Crippen MR) is 68.5 cm³/mol. The normalized spacial score (nSPS) is 10.3. The zero-order valence-electron chi connectivity index (χ0n) is 11.0. The van der Waals surface area contributed by atoms with Crippen LogP contribution in [0.25, 0.3) is 0 Å². The summed E-state index contributed by atoms with van der Waals surface area (Å²) in [6, 6.07) is 0. The van der Waals surface area contributed by atoms with Crippen molar-refractivity contribution in [2.45, 2.75) is 5.50 Å². The van der Waals surface area contributed by atoms with E-state index in [4.69, 9.17) is 17.5 Å². The van der Waals surface area contributed by atoms with E-state index in [2.05, 4.69) is 0 Å². The monoisotopic (exact) mass is 334 g/mol. The summed E-state index contributed by atoms with van der Waals surface area (Å²) in [5.74, 6) is 0. The van der Waals surface area contributed by atoms with E-state index < -0.39 is 25.7 Å². The van der Waals surface area contributed by atoms with E-state index in [9.17, 15) is 20.2 Å². The molecule has 0 aromatic carbocycles. The molecule has 0 bridgehead atoms. The summed E-state index contributed by atoms with van der Waals surface area (Å²) >= 11 is 0.593. The number of amidine groups is 1. The summed E-state index contributed by atoms with van der Waals surface area (Å²) in [4.78, 5) is 20.6. The Bertz CT molecular complexity index is 461. The van der Waals surface area contributed by atoms with E-state index in [0.29, 0.717) is 16.9 Å². The van der Waals surface area contributed by atoms with E-state index in [1.54, 1.807) is 37.7 Å². The van der Waals surface area contributed by atoms with Crippen molar-refractivity contribution in [1.29, 1.82) is 0 Å². The number of rotatable bonds is 3. The van der Waals surface area contributed by atoms with Gasteiger partial charge in [0.15, 0.2) is 0 Å². The molecule has 0 fully saturated rings. The minimum absolute atomic E-state index is 0.452. The standard InChI is InChI=1S/C6H13N4O4S.H2O4S/c1-7(2)5(8(3)4)15-6(9(11)12)10(13)14;1-5(2,3)4/h6H,1-4H3;(H2,1,2,3,4)/q+1;/p-1. The van der Waals surface area contributed by atoms with Crippen LogP contribution in [0.1, 0.15) is 0 Å². The Morgan fingerprint density at radius 2 is 1.50 bits per heavy atom. The van der Waals surface area contributed by atoms with Gasteiger partial charge in [-0.1, -0.05) is 0 Å². The maximum Gasteiger partial charge on any atom is 0.509 e. The fourth-order valence-corrected chi connectivity index (χ4v) is 1.65. The zero-order valence-corrected chi connectivity index (χ0v) is 12.6. The summed E-state index contributed by atoms with van der Waals surface area (Å²) in [6.45, 7) is 0. The van der Waals surface area contributed by atoms with Crippen LogP contribution in [-0.2, 0) is 10.4 Å². The largest absolute Gasteiger partial charge is 0.726 e. The highest BCUT2D eigenvalue weighted by molar-refractivity contribution is 8.13. The third kappa shape index (κ3) is 11.6. The maximum atomic E-state index is 10.4. The van der Waals surface area contributed by atoms with Crippen LogP contribution in [0, 0.1) is 20.2 Å². The summed E-state index contributed by atoms with van der Waals surface area (Å²) in [5, 5.41) is 21.3. The van der Waals surface area contributed by atoms with E-state index in [1.807, 2.05) is 0 Å². The number of nitrogens with zero attached hydrogens (tertiary/aromatic N) is 4. The third-order valence-corrected chi connectivity index (χ3v) is 2.83. The van der Waals surface area contributed by atoms with Crippen molar-refractivity contribution < 1.29 is 31.9 Å². The first-order valence-corrected chi connectivity index (χ1v) is 6.85. The van der Waals surface area contributed by atoms with Crippen LogP contribution in [-0.4, -0.2) is 75.7 Å². The Hall–Kier alpha value is -1.51. The van der Waals surface area contributed by atoms with Crippen molar-refractivity contribution in [3.8, 4) is 0 Å². The van der Waals surface area contributed by atoms with Gasteiger partial charge in [0, 0.05) is 0 Å². The van der Waals surface area contributed by atoms with Crippen molar-refractivity contribution in [3.05, 3.63) is 20.2 Å². The molecule has 0 aliphatic rings. The lowest BCUT2D eigenvalue weighted by molar-refractivity contribution is -0.710. The molecule has 12 nitrogen and oxygen atoms in total. The first-order chi connectivity index (χ1) is 8.77. The molecule has 0 heterocycles. The van der Waals surface area contributed by atoms with E-state index in [-0.39, 0.29) is 0 Å². The molecule has 0 radical (unpaired) electrons. The SMILES string of the molecule is CN(C)C(SC([N+](=O)[O-])[N+](=O)[O-])=[N+](C)C.O=S(=O)([O-])O.